The maximum Gasteiger partial charge on any atom is 0.220 e. The summed E-state index contributed by atoms with van der Waals surface area (Å²) in [5, 5.41) is 6.85. The van der Waals surface area contributed by atoms with Gasteiger partial charge in [0.25, 0.3) is 0 Å². The van der Waals surface area contributed by atoms with Crippen LogP contribution in [0, 0.1) is 5.92 Å². The van der Waals surface area contributed by atoms with Gasteiger partial charge >= 0.3 is 0 Å². The van der Waals surface area contributed by atoms with Crippen LogP contribution in [0.2, 0.25) is 0 Å². The predicted molar refractivity (Wildman–Crippen MR) is 59.1 cm³/mol. The molecule has 5 heteroatoms. The first kappa shape index (κ1) is 11.6. The van der Waals surface area contributed by atoms with Crippen LogP contribution in [0.1, 0.15) is 20.3 Å². The molecule has 1 aromatic rings. The van der Waals surface area contributed by atoms with Crippen molar-refractivity contribution in [2.45, 2.75) is 26.8 Å². The highest BCUT2D eigenvalue weighted by molar-refractivity contribution is 5.75. The zero-order valence-corrected chi connectivity index (χ0v) is 9.23. The molecule has 0 bridgehead atoms. The van der Waals surface area contributed by atoms with Crippen LogP contribution in [0.4, 0.5) is 5.69 Å². The van der Waals surface area contributed by atoms with Crippen molar-refractivity contribution in [2.75, 3.05) is 12.3 Å². The first-order valence-corrected chi connectivity index (χ1v) is 5.12. The molecule has 1 rings (SSSR count). The van der Waals surface area contributed by atoms with E-state index in [1.165, 1.54) is 0 Å². The lowest BCUT2D eigenvalue weighted by atomic mass is 10.1. The number of nitrogens with two attached hydrogens (primary N) is 1. The average molecular weight is 210 g/mol. The van der Waals surface area contributed by atoms with Gasteiger partial charge in [0.15, 0.2) is 0 Å². The lowest BCUT2D eigenvalue weighted by Gasteiger charge is -2.06. The van der Waals surface area contributed by atoms with Crippen LogP contribution in [-0.4, -0.2) is 22.2 Å². The van der Waals surface area contributed by atoms with E-state index in [4.69, 9.17) is 5.73 Å². The third-order valence-electron chi connectivity index (χ3n) is 1.91. The van der Waals surface area contributed by atoms with Gasteiger partial charge in [0, 0.05) is 19.2 Å². The molecule has 0 aliphatic rings. The van der Waals surface area contributed by atoms with Crippen LogP contribution in [0.15, 0.2) is 12.4 Å². The standard InChI is InChI=1S/C10H18N4O/c1-8(2)5-10(15)12-3-4-14-7-9(11)6-13-14/h6-8H,3-5,11H2,1-2H3,(H,12,15). The van der Waals surface area contributed by atoms with Crippen molar-refractivity contribution in [3.05, 3.63) is 12.4 Å². The van der Waals surface area contributed by atoms with Crippen molar-refractivity contribution in [3.63, 3.8) is 0 Å². The van der Waals surface area contributed by atoms with E-state index in [0.29, 0.717) is 31.1 Å². The van der Waals surface area contributed by atoms with Crippen molar-refractivity contribution in [1.29, 1.82) is 0 Å². The average Bonchev–Trinajstić information content (AvgIpc) is 2.50. The molecule has 5 nitrogen and oxygen atoms in total. The second-order valence-electron chi connectivity index (χ2n) is 3.98. The maximum atomic E-state index is 11.3. The SMILES string of the molecule is CC(C)CC(=O)NCCn1cc(N)cn1. The summed E-state index contributed by atoms with van der Waals surface area (Å²) in [4.78, 5) is 11.3. The number of rotatable bonds is 5. The number of carbonyl (C=O) groups excluding carboxylic acids is 1. The monoisotopic (exact) mass is 210 g/mol. The number of nitrogens with zero attached hydrogens (tertiary/aromatic N) is 2. The fourth-order valence-electron chi connectivity index (χ4n) is 1.25. The third-order valence-corrected chi connectivity index (χ3v) is 1.91. The highest BCUT2D eigenvalue weighted by Gasteiger charge is 2.03. The maximum absolute atomic E-state index is 11.3. The minimum atomic E-state index is 0.0881. The van der Waals surface area contributed by atoms with Crippen molar-refractivity contribution in [2.24, 2.45) is 5.92 Å². The Kier molecular flexibility index (Phi) is 4.15. The van der Waals surface area contributed by atoms with Gasteiger partial charge in [-0.1, -0.05) is 13.8 Å². The Hall–Kier alpha value is -1.52. The van der Waals surface area contributed by atoms with E-state index >= 15 is 0 Å². The highest BCUT2D eigenvalue weighted by Crippen LogP contribution is 1.98. The number of amides is 1. The number of anilines is 1. The van der Waals surface area contributed by atoms with E-state index in [1.807, 2.05) is 13.8 Å². The van der Waals surface area contributed by atoms with Crippen LogP contribution in [0.5, 0.6) is 0 Å². The largest absolute Gasteiger partial charge is 0.396 e. The number of nitrogen functional groups attached to an aromatic ring is 1. The molecule has 0 fully saturated rings. The van der Waals surface area contributed by atoms with Crippen LogP contribution < -0.4 is 11.1 Å². The molecule has 0 radical (unpaired) electrons. The molecule has 0 saturated carbocycles. The summed E-state index contributed by atoms with van der Waals surface area (Å²) >= 11 is 0. The molecule has 3 N–H and O–H groups in total. The second-order valence-corrected chi connectivity index (χ2v) is 3.98. The Morgan fingerprint density at radius 2 is 2.40 bits per heavy atom. The van der Waals surface area contributed by atoms with E-state index in [-0.39, 0.29) is 5.91 Å². The predicted octanol–water partition coefficient (Wildman–Crippen LogP) is 0.628. The van der Waals surface area contributed by atoms with Crippen molar-refractivity contribution in [1.82, 2.24) is 15.1 Å². The van der Waals surface area contributed by atoms with Gasteiger partial charge in [0.2, 0.25) is 5.91 Å². The van der Waals surface area contributed by atoms with Gasteiger partial charge in [0.1, 0.15) is 0 Å². The molecule has 0 aliphatic heterocycles. The van der Waals surface area contributed by atoms with E-state index in [9.17, 15) is 4.79 Å². The summed E-state index contributed by atoms with van der Waals surface area (Å²) in [6, 6.07) is 0. The summed E-state index contributed by atoms with van der Waals surface area (Å²) in [7, 11) is 0. The molecular formula is C10H18N4O. The summed E-state index contributed by atoms with van der Waals surface area (Å²) in [5.74, 6) is 0.482. The van der Waals surface area contributed by atoms with Crippen molar-refractivity contribution >= 4 is 11.6 Å². The molecule has 0 unspecified atom stereocenters. The molecule has 1 aromatic heterocycles. The van der Waals surface area contributed by atoms with Crippen molar-refractivity contribution < 1.29 is 4.79 Å². The van der Waals surface area contributed by atoms with Gasteiger partial charge in [-0.05, 0) is 5.92 Å². The Bertz CT molecular complexity index is 319. The van der Waals surface area contributed by atoms with Crippen LogP contribution in [-0.2, 0) is 11.3 Å². The minimum Gasteiger partial charge on any atom is -0.396 e. The number of aromatic nitrogens is 2. The summed E-state index contributed by atoms with van der Waals surface area (Å²) in [5.41, 5.74) is 6.15. The first-order chi connectivity index (χ1) is 7.08. The quantitative estimate of drug-likeness (QED) is 0.748. The Morgan fingerprint density at radius 3 is 2.93 bits per heavy atom. The molecule has 0 aliphatic carbocycles. The van der Waals surface area contributed by atoms with E-state index in [1.54, 1.807) is 17.1 Å². The summed E-state index contributed by atoms with van der Waals surface area (Å²) < 4.78 is 1.71. The molecule has 1 heterocycles. The van der Waals surface area contributed by atoms with Gasteiger partial charge in [0.05, 0.1) is 18.4 Å². The van der Waals surface area contributed by atoms with Gasteiger partial charge in [-0.2, -0.15) is 5.10 Å². The van der Waals surface area contributed by atoms with Crippen LogP contribution in [0.3, 0.4) is 0 Å². The molecule has 15 heavy (non-hydrogen) atoms. The Morgan fingerprint density at radius 1 is 1.67 bits per heavy atom. The Balaban J connectivity index is 2.19. The summed E-state index contributed by atoms with van der Waals surface area (Å²) in [6.07, 6.45) is 3.91. The van der Waals surface area contributed by atoms with Gasteiger partial charge in [-0.25, -0.2) is 0 Å². The Labute approximate surface area is 89.6 Å². The number of hydrogen-bond acceptors (Lipinski definition) is 3. The van der Waals surface area contributed by atoms with Crippen molar-refractivity contribution in [3.8, 4) is 0 Å². The second kappa shape index (κ2) is 5.38. The van der Waals surface area contributed by atoms with Gasteiger partial charge < -0.3 is 11.1 Å². The fourth-order valence-corrected chi connectivity index (χ4v) is 1.25. The normalized spacial score (nSPS) is 10.6. The zero-order chi connectivity index (χ0) is 11.3. The lowest BCUT2D eigenvalue weighted by molar-refractivity contribution is -0.121. The molecule has 0 spiro atoms. The van der Waals surface area contributed by atoms with Gasteiger partial charge in [-0.15, -0.1) is 0 Å². The molecular weight excluding hydrogens is 192 g/mol. The van der Waals surface area contributed by atoms with E-state index in [0.717, 1.165) is 0 Å². The van der Waals surface area contributed by atoms with Crippen LogP contribution >= 0.6 is 0 Å². The van der Waals surface area contributed by atoms with Crippen LogP contribution in [0.25, 0.3) is 0 Å². The number of hydrogen-bond donors (Lipinski definition) is 2. The minimum absolute atomic E-state index is 0.0881. The number of nitrogens with one attached hydrogen (secondary N) is 1. The highest BCUT2D eigenvalue weighted by atomic mass is 16.1. The molecule has 1 amide bonds. The zero-order valence-electron chi connectivity index (χ0n) is 9.23. The third kappa shape index (κ3) is 4.49. The lowest BCUT2D eigenvalue weighted by Crippen LogP contribution is -2.28. The van der Waals surface area contributed by atoms with Gasteiger partial charge in [-0.3, -0.25) is 9.48 Å². The topological polar surface area (TPSA) is 72.9 Å². The van der Waals surface area contributed by atoms with E-state index in [2.05, 4.69) is 10.4 Å². The smallest absolute Gasteiger partial charge is 0.220 e. The first-order valence-electron chi connectivity index (χ1n) is 5.12. The molecule has 0 aromatic carbocycles. The molecule has 0 atom stereocenters. The molecule has 84 valence electrons. The molecule has 0 saturated heterocycles. The number of carbonyl (C=O) groups is 1. The summed E-state index contributed by atoms with van der Waals surface area (Å²) in [6.45, 7) is 5.29. The fraction of sp³-hybridized carbons (Fsp3) is 0.600. The van der Waals surface area contributed by atoms with E-state index < -0.39 is 0 Å².